The second-order valence-electron chi connectivity index (χ2n) is 1.77. The van der Waals surface area contributed by atoms with Gasteiger partial charge in [0.25, 0.3) is 0 Å². The molecule has 0 aliphatic carbocycles. The molecule has 0 atom stereocenters. The van der Waals surface area contributed by atoms with Gasteiger partial charge in [-0.05, 0) is 18.2 Å². The number of nitrogens with two attached hydrogens (primary N) is 2. The van der Waals surface area contributed by atoms with Gasteiger partial charge in [-0.1, -0.05) is 6.07 Å². The summed E-state index contributed by atoms with van der Waals surface area (Å²) in [7, 11) is 0. The zero-order valence-corrected chi connectivity index (χ0v) is 7.44. The lowest BCUT2D eigenvalue weighted by molar-refractivity contribution is 1.67. The second kappa shape index (κ2) is 6.13. The van der Waals surface area contributed by atoms with Crippen LogP contribution in [-0.2, 0) is 0 Å². The molecule has 0 bridgehead atoms. The maximum absolute atomic E-state index is 5.38. The molecule has 4 heteroatoms. The van der Waals surface area contributed by atoms with Crippen molar-refractivity contribution in [2.45, 2.75) is 0 Å². The molecular weight excluding hydrogens is 183 g/mol. The lowest BCUT2D eigenvalue weighted by Gasteiger charge is -1.91. The van der Waals surface area contributed by atoms with Crippen LogP contribution in [0.1, 0.15) is 0 Å². The number of nitrogen functional groups attached to an aromatic ring is 2. The highest BCUT2D eigenvalue weighted by atomic mass is 35.5. The molecule has 0 fully saturated rings. The Morgan fingerprint density at radius 3 is 1.64 bits per heavy atom. The van der Waals surface area contributed by atoms with E-state index in [9.17, 15) is 0 Å². The molecule has 0 heterocycles. The van der Waals surface area contributed by atoms with Crippen molar-refractivity contribution in [1.82, 2.24) is 0 Å². The molecule has 0 amide bonds. The van der Waals surface area contributed by atoms with E-state index in [2.05, 4.69) is 0 Å². The molecule has 0 aromatic heterocycles. The molecule has 11 heavy (non-hydrogen) atoms. The summed E-state index contributed by atoms with van der Waals surface area (Å²) in [6.07, 6.45) is 0. The van der Waals surface area contributed by atoms with Gasteiger partial charge in [-0.2, -0.15) is 0 Å². The zero-order valence-electron chi connectivity index (χ0n) is 5.93. The van der Waals surface area contributed by atoms with Crippen LogP contribution in [0.5, 0.6) is 0 Å². The van der Waals surface area contributed by atoms with Gasteiger partial charge in [0.15, 0.2) is 0 Å². The Morgan fingerprint density at radius 2 is 1.45 bits per heavy atom. The third-order valence-electron chi connectivity index (χ3n) is 0.911. The van der Waals surface area contributed by atoms with Gasteiger partial charge >= 0.3 is 0 Å². The fourth-order valence-corrected chi connectivity index (χ4v) is 0.559. The number of hydrogen-bond acceptors (Lipinski definition) is 2. The van der Waals surface area contributed by atoms with Crippen LogP contribution < -0.4 is 11.5 Å². The van der Waals surface area contributed by atoms with Gasteiger partial charge in [-0.3, -0.25) is 0 Å². The largest absolute Gasteiger partial charge is 0.399 e. The summed E-state index contributed by atoms with van der Waals surface area (Å²) in [5, 5.41) is 0.194. The zero-order chi connectivity index (χ0) is 8.69. The highest BCUT2D eigenvalue weighted by molar-refractivity contribution is 6.40. The summed E-state index contributed by atoms with van der Waals surface area (Å²) in [4.78, 5) is 0. The minimum absolute atomic E-state index is 0.194. The highest BCUT2D eigenvalue weighted by Crippen LogP contribution is 2.06. The van der Waals surface area contributed by atoms with Crippen molar-refractivity contribution in [2.75, 3.05) is 16.8 Å². The first-order valence-electron chi connectivity index (χ1n) is 2.93. The Balaban J connectivity index is 0.000000292. The minimum atomic E-state index is 0.194. The molecule has 1 aromatic rings. The molecule has 0 saturated carbocycles. The first-order valence-corrected chi connectivity index (χ1v) is 4.00. The molecule has 0 spiro atoms. The average molecular weight is 193 g/mol. The fourth-order valence-electron chi connectivity index (χ4n) is 0.559. The molecule has 62 valence electrons. The van der Waals surface area contributed by atoms with E-state index in [0.717, 1.165) is 0 Å². The van der Waals surface area contributed by atoms with E-state index in [1.807, 2.05) is 6.07 Å². The van der Waals surface area contributed by atoms with E-state index in [0.29, 0.717) is 11.4 Å². The summed E-state index contributed by atoms with van der Waals surface area (Å²) in [5.74, 6) is 0. The maximum Gasteiger partial charge on any atom is 0.0967 e. The topological polar surface area (TPSA) is 52.0 Å². The molecule has 1 aromatic carbocycles. The summed E-state index contributed by atoms with van der Waals surface area (Å²) in [5.41, 5.74) is 12.2. The fraction of sp³-hybridized carbons (Fsp3) is 0.143. The van der Waals surface area contributed by atoms with E-state index < -0.39 is 0 Å². The summed E-state index contributed by atoms with van der Waals surface area (Å²) < 4.78 is 0. The average Bonchev–Trinajstić information content (AvgIpc) is 1.88. The van der Waals surface area contributed by atoms with Crippen LogP contribution in [0.25, 0.3) is 0 Å². The lowest BCUT2D eigenvalue weighted by atomic mass is 10.3. The van der Waals surface area contributed by atoms with E-state index in [-0.39, 0.29) is 5.34 Å². The lowest BCUT2D eigenvalue weighted by Crippen LogP contribution is -1.87. The van der Waals surface area contributed by atoms with Gasteiger partial charge in [-0.15, -0.1) is 23.2 Å². The van der Waals surface area contributed by atoms with Crippen LogP contribution in [0.15, 0.2) is 24.3 Å². The van der Waals surface area contributed by atoms with Crippen molar-refractivity contribution in [3.05, 3.63) is 24.3 Å². The summed E-state index contributed by atoms with van der Waals surface area (Å²) in [6.45, 7) is 0. The Kier molecular flexibility index (Phi) is 5.80. The van der Waals surface area contributed by atoms with Crippen molar-refractivity contribution in [1.29, 1.82) is 0 Å². The maximum atomic E-state index is 5.38. The van der Waals surface area contributed by atoms with Crippen LogP contribution in [-0.4, -0.2) is 5.34 Å². The highest BCUT2D eigenvalue weighted by Gasteiger charge is 1.81. The van der Waals surface area contributed by atoms with Gasteiger partial charge in [0.05, 0.1) is 5.34 Å². The molecule has 0 radical (unpaired) electrons. The third kappa shape index (κ3) is 5.83. The van der Waals surface area contributed by atoms with Gasteiger partial charge < -0.3 is 11.5 Å². The number of benzene rings is 1. The smallest absolute Gasteiger partial charge is 0.0967 e. The molecule has 0 aliphatic rings. The Morgan fingerprint density at radius 1 is 1.09 bits per heavy atom. The van der Waals surface area contributed by atoms with Gasteiger partial charge in [-0.25, -0.2) is 0 Å². The van der Waals surface area contributed by atoms with Crippen molar-refractivity contribution < 1.29 is 0 Å². The van der Waals surface area contributed by atoms with E-state index in [4.69, 9.17) is 34.7 Å². The van der Waals surface area contributed by atoms with Crippen molar-refractivity contribution in [3.63, 3.8) is 0 Å². The number of hydrogen-bond donors (Lipinski definition) is 2. The molecule has 0 aliphatic heterocycles. The molecule has 1 rings (SSSR count). The molecule has 2 nitrogen and oxygen atoms in total. The summed E-state index contributed by atoms with van der Waals surface area (Å²) >= 11 is 9.53. The van der Waals surface area contributed by atoms with Gasteiger partial charge in [0.2, 0.25) is 0 Å². The third-order valence-corrected chi connectivity index (χ3v) is 0.911. The van der Waals surface area contributed by atoms with Crippen LogP contribution in [0, 0.1) is 0 Å². The first-order chi connectivity index (χ1) is 5.20. The monoisotopic (exact) mass is 192 g/mol. The number of halogens is 2. The van der Waals surface area contributed by atoms with Crippen LogP contribution >= 0.6 is 23.2 Å². The van der Waals surface area contributed by atoms with Gasteiger partial charge in [0.1, 0.15) is 0 Å². The number of rotatable bonds is 0. The number of alkyl halides is 2. The van der Waals surface area contributed by atoms with Gasteiger partial charge in [0, 0.05) is 11.4 Å². The quantitative estimate of drug-likeness (QED) is 0.490. The molecule has 0 saturated heterocycles. The first kappa shape index (κ1) is 10.4. The molecule has 0 unspecified atom stereocenters. The van der Waals surface area contributed by atoms with Crippen LogP contribution in [0.2, 0.25) is 0 Å². The SMILES string of the molecule is ClCCl.Nc1cccc(N)c1. The van der Waals surface area contributed by atoms with E-state index in [1.165, 1.54) is 0 Å². The van der Waals surface area contributed by atoms with E-state index >= 15 is 0 Å². The van der Waals surface area contributed by atoms with Crippen LogP contribution in [0.4, 0.5) is 11.4 Å². The van der Waals surface area contributed by atoms with Crippen molar-refractivity contribution in [2.24, 2.45) is 0 Å². The normalized spacial score (nSPS) is 8.18. The van der Waals surface area contributed by atoms with Crippen LogP contribution in [0.3, 0.4) is 0 Å². The van der Waals surface area contributed by atoms with Crippen molar-refractivity contribution in [3.8, 4) is 0 Å². The Labute approximate surface area is 76.1 Å². The summed E-state index contributed by atoms with van der Waals surface area (Å²) in [6, 6.07) is 7.15. The molecular formula is C7H10Cl2N2. The predicted octanol–water partition coefficient (Wildman–Crippen LogP) is 2.27. The molecule has 4 N–H and O–H groups in total. The Bertz CT molecular complexity index is 186. The van der Waals surface area contributed by atoms with E-state index in [1.54, 1.807) is 18.2 Å². The van der Waals surface area contributed by atoms with Crippen molar-refractivity contribution >= 4 is 34.6 Å². The second-order valence-corrected chi connectivity index (χ2v) is 2.58. The minimum Gasteiger partial charge on any atom is -0.399 e. The number of anilines is 2. The predicted molar refractivity (Wildman–Crippen MR) is 51.8 cm³/mol. The Hall–Kier alpha value is -0.600. The standard InChI is InChI=1S/C6H8N2.CH2Cl2/c7-5-2-1-3-6(8)4-5;2-1-3/h1-4H,7-8H2;1H2.